The van der Waals surface area contributed by atoms with Crippen LogP contribution in [0.1, 0.15) is 25.1 Å². The fourth-order valence-corrected chi connectivity index (χ4v) is 2.88. The molecule has 1 aliphatic rings. The number of aromatic nitrogens is 2. The molecule has 0 spiro atoms. The van der Waals surface area contributed by atoms with Crippen LogP contribution in [0.4, 0.5) is 5.13 Å². The standard InChI is InChI=1S/C10H18N4S/c1-8-12-10(15-13-8)14-6-4-3-5-9(14)7-11-2/h9,11H,3-7H2,1-2H3. The van der Waals surface area contributed by atoms with Gasteiger partial charge >= 0.3 is 0 Å². The molecule has 15 heavy (non-hydrogen) atoms. The van der Waals surface area contributed by atoms with Crippen LogP contribution in [-0.2, 0) is 0 Å². The van der Waals surface area contributed by atoms with Crippen LogP contribution < -0.4 is 10.2 Å². The lowest BCUT2D eigenvalue weighted by Crippen LogP contribution is -2.44. The van der Waals surface area contributed by atoms with Gasteiger partial charge in [0.25, 0.3) is 0 Å². The third-order valence-corrected chi connectivity index (χ3v) is 3.67. The van der Waals surface area contributed by atoms with E-state index in [1.807, 2.05) is 14.0 Å². The van der Waals surface area contributed by atoms with Gasteiger partial charge in [0, 0.05) is 30.7 Å². The van der Waals surface area contributed by atoms with Crippen molar-refractivity contribution in [1.29, 1.82) is 0 Å². The highest BCUT2D eigenvalue weighted by atomic mass is 32.1. The highest BCUT2D eigenvalue weighted by Crippen LogP contribution is 2.25. The zero-order chi connectivity index (χ0) is 10.7. The molecule has 4 nitrogen and oxygen atoms in total. The third kappa shape index (κ3) is 2.46. The molecule has 1 unspecified atom stereocenters. The third-order valence-electron chi connectivity index (χ3n) is 2.83. The number of hydrogen-bond acceptors (Lipinski definition) is 5. The molecule has 0 amide bonds. The van der Waals surface area contributed by atoms with E-state index >= 15 is 0 Å². The van der Waals surface area contributed by atoms with E-state index in [0.29, 0.717) is 6.04 Å². The van der Waals surface area contributed by atoms with E-state index in [0.717, 1.165) is 24.0 Å². The van der Waals surface area contributed by atoms with Gasteiger partial charge in [0.15, 0.2) is 0 Å². The summed E-state index contributed by atoms with van der Waals surface area (Å²) in [6, 6.07) is 0.594. The van der Waals surface area contributed by atoms with Crippen molar-refractivity contribution in [2.45, 2.75) is 32.2 Å². The first kappa shape index (κ1) is 10.8. The normalized spacial score (nSPS) is 22.0. The summed E-state index contributed by atoms with van der Waals surface area (Å²) in [7, 11) is 2.01. The number of nitrogens with zero attached hydrogens (tertiary/aromatic N) is 3. The fourth-order valence-electron chi connectivity index (χ4n) is 2.10. The topological polar surface area (TPSA) is 41.0 Å². The van der Waals surface area contributed by atoms with Crippen LogP contribution in [0.25, 0.3) is 0 Å². The molecule has 0 aromatic carbocycles. The Morgan fingerprint density at radius 2 is 2.40 bits per heavy atom. The summed E-state index contributed by atoms with van der Waals surface area (Å²) in [4.78, 5) is 6.88. The van der Waals surface area contributed by atoms with Crippen molar-refractivity contribution in [2.75, 3.05) is 25.0 Å². The van der Waals surface area contributed by atoms with Gasteiger partial charge in [-0.15, -0.1) is 0 Å². The molecule has 1 aromatic heterocycles. The van der Waals surface area contributed by atoms with Crippen LogP contribution in [0.2, 0.25) is 0 Å². The number of piperidine rings is 1. The molecular weight excluding hydrogens is 208 g/mol. The summed E-state index contributed by atoms with van der Waals surface area (Å²) in [5.74, 6) is 0.892. The van der Waals surface area contributed by atoms with Gasteiger partial charge in [-0.2, -0.15) is 4.37 Å². The molecular formula is C10H18N4S. The van der Waals surface area contributed by atoms with Crippen molar-refractivity contribution >= 4 is 16.7 Å². The summed E-state index contributed by atoms with van der Waals surface area (Å²) >= 11 is 1.52. The van der Waals surface area contributed by atoms with Crippen LogP contribution in [0.15, 0.2) is 0 Å². The Balaban J connectivity index is 2.10. The molecule has 1 aromatic rings. The average Bonchev–Trinajstić information content (AvgIpc) is 2.66. The second-order valence-electron chi connectivity index (χ2n) is 4.02. The minimum Gasteiger partial charge on any atom is -0.343 e. The molecule has 0 bridgehead atoms. The molecule has 1 aliphatic heterocycles. The lowest BCUT2D eigenvalue weighted by atomic mass is 10.0. The first-order valence-electron chi connectivity index (χ1n) is 5.53. The Labute approximate surface area is 94.9 Å². The number of nitrogens with one attached hydrogen (secondary N) is 1. The molecule has 5 heteroatoms. The number of rotatable bonds is 3. The van der Waals surface area contributed by atoms with Gasteiger partial charge in [-0.3, -0.25) is 0 Å². The predicted octanol–water partition coefficient (Wildman–Crippen LogP) is 1.42. The summed E-state index contributed by atoms with van der Waals surface area (Å²) in [6.07, 6.45) is 3.87. The van der Waals surface area contributed by atoms with Crippen LogP contribution in [0.5, 0.6) is 0 Å². The lowest BCUT2D eigenvalue weighted by Gasteiger charge is -2.35. The van der Waals surface area contributed by atoms with E-state index in [4.69, 9.17) is 0 Å². The van der Waals surface area contributed by atoms with Crippen molar-refractivity contribution < 1.29 is 0 Å². The summed E-state index contributed by atoms with van der Waals surface area (Å²) in [5.41, 5.74) is 0. The zero-order valence-corrected chi connectivity index (χ0v) is 10.2. The van der Waals surface area contributed by atoms with Crippen molar-refractivity contribution in [2.24, 2.45) is 0 Å². The molecule has 1 saturated heterocycles. The second-order valence-corrected chi connectivity index (χ2v) is 4.76. The quantitative estimate of drug-likeness (QED) is 0.846. The number of likely N-dealkylation sites (N-methyl/N-ethyl adjacent to an activating group) is 1. The Kier molecular flexibility index (Phi) is 3.53. The molecule has 84 valence electrons. The summed E-state index contributed by atoms with van der Waals surface area (Å²) in [5, 5.41) is 4.35. The van der Waals surface area contributed by atoms with Crippen LogP contribution in [-0.4, -0.2) is 35.5 Å². The van der Waals surface area contributed by atoms with Crippen molar-refractivity contribution in [3.8, 4) is 0 Å². The molecule has 0 radical (unpaired) electrons. The van der Waals surface area contributed by atoms with Gasteiger partial charge < -0.3 is 10.2 Å². The smallest absolute Gasteiger partial charge is 0.205 e. The fraction of sp³-hybridized carbons (Fsp3) is 0.800. The number of aryl methyl sites for hydroxylation is 1. The van der Waals surface area contributed by atoms with Crippen molar-refractivity contribution in [1.82, 2.24) is 14.7 Å². The first-order valence-corrected chi connectivity index (χ1v) is 6.30. The summed E-state index contributed by atoms with van der Waals surface area (Å²) < 4.78 is 4.25. The van der Waals surface area contributed by atoms with Crippen LogP contribution in [0.3, 0.4) is 0 Å². The SMILES string of the molecule is CNCC1CCCCN1c1nc(C)ns1. The van der Waals surface area contributed by atoms with Crippen molar-refractivity contribution in [3.05, 3.63) is 5.82 Å². The molecule has 2 rings (SSSR count). The molecule has 1 atom stereocenters. The van der Waals surface area contributed by atoms with E-state index in [1.54, 1.807) is 0 Å². The maximum Gasteiger partial charge on any atom is 0.205 e. The lowest BCUT2D eigenvalue weighted by molar-refractivity contribution is 0.446. The number of anilines is 1. The van der Waals surface area contributed by atoms with Gasteiger partial charge in [0.05, 0.1) is 0 Å². The molecule has 0 saturated carbocycles. The van der Waals surface area contributed by atoms with Gasteiger partial charge in [-0.25, -0.2) is 4.98 Å². The van der Waals surface area contributed by atoms with Gasteiger partial charge in [-0.1, -0.05) is 0 Å². The highest BCUT2D eigenvalue weighted by molar-refractivity contribution is 7.09. The van der Waals surface area contributed by atoms with Gasteiger partial charge in [0.1, 0.15) is 5.82 Å². The van der Waals surface area contributed by atoms with E-state index < -0.39 is 0 Å². The maximum absolute atomic E-state index is 4.47. The van der Waals surface area contributed by atoms with Crippen LogP contribution >= 0.6 is 11.5 Å². The predicted molar refractivity (Wildman–Crippen MR) is 63.6 cm³/mol. The minimum atomic E-state index is 0.594. The molecule has 1 N–H and O–H groups in total. The second kappa shape index (κ2) is 4.90. The molecule has 0 aliphatic carbocycles. The average molecular weight is 226 g/mol. The maximum atomic E-state index is 4.47. The Morgan fingerprint density at radius 1 is 1.53 bits per heavy atom. The van der Waals surface area contributed by atoms with E-state index in [-0.39, 0.29) is 0 Å². The van der Waals surface area contributed by atoms with Crippen LogP contribution in [0, 0.1) is 6.92 Å². The van der Waals surface area contributed by atoms with E-state index in [2.05, 4.69) is 19.6 Å². The van der Waals surface area contributed by atoms with Crippen molar-refractivity contribution in [3.63, 3.8) is 0 Å². The Hall–Kier alpha value is -0.680. The zero-order valence-electron chi connectivity index (χ0n) is 9.36. The first-order chi connectivity index (χ1) is 7.31. The van der Waals surface area contributed by atoms with Gasteiger partial charge in [-0.05, 0) is 33.2 Å². The Morgan fingerprint density at radius 3 is 3.07 bits per heavy atom. The molecule has 2 heterocycles. The monoisotopic (exact) mass is 226 g/mol. The largest absolute Gasteiger partial charge is 0.343 e. The van der Waals surface area contributed by atoms with E-state index in [9.17, 15) is 0 Å². The van der Waals surface area contributed by atoms with Gasteiger partial charge in [0.2, 0.25) is 5.13 Å². The highest BCUT2D eigenvalue weighted by Gasteiger charge is 2.24. The molecule has 1 fully saturated rings. The van der Waals surface area contributed by atoms with E-state index in [1.165, 1.54) is 30.8 Å². The minimum absolute atomic E-state index is 0.594. The Bertz CT molecular complexity index is 310. The summed E-state index contributed by atoms with van der Waals surface area (Å²) in [6.45, 7) is 4.12. The number of hydrogen-bond donors (Lipinski definition) is 1.